The second kappa shape index (κ2) is 6.77. The summed E-state index contributed by atoms with van der Waals surface area (Å²) in [6, 6.07) is 9.96. The average Bonchev–Trinajstić information content (AvgIpc) is 2.88. The largest absolute Gasteiger partial charge is 0.308 e. The predicted octanol–water partition coefficient (Wildman–Crippen LogP) is 0.276. The van der Waals surface area contributed by atoms with Gasteiger partial charge in [-0.15, -0.1) is 10.2 Å². The molecule has 3 unspecified atom stereocenters. The fraction of sp³-hybridized carbons (Fsp3) is 0.211. The molecule has 6 nitrogen and oxygen atoms in total. The van der Waals surface area contributed by atoms with Crippen molar-refractivity contribution in [3.8, 4) is 11.3 Å². The van der Waals surface area contributed by atoms with Gasteiger partial charge in [0.15, 0.2) is 5.82 Å². The lowest BCUT2D eigenvalue weighted by Gasteiger charge is -2.68. The Morgan fingerprint density at radius 3 is 2.25 bits per heavy atom. The molecular formula is C19H9B6ClN5O. The lowest BCUT2D eigenvalue weighted by molar-refractivity contribution is -0.120. The van der Waals surface area contributed by atoms with Gasteiger partial charge in [0.05, 0.1) is 44.9 Å². The standard InChI is InChI=1S/C19H9B6ClN5O/c20-16-15(32)31(14-4-2-12(29-30-14)10-5-7-27-8-6-10)19(23,24)18(16,22)25-17(16,21)11-1-3-13(26)28-9-11/h1-9H. The summed E-state index contributed by atoms with van der Waals surface area (Å²) in [5.74, 6) is -0.595. The van der Waals surface area contributed by atoms with Gasteiger partial charge in [-0.05, 0) is 46.5 Å². The molecule has 0 N–H and O–H groups in total. The Kier molecular flexibility index (Phi) is 4.52. The van der Waals surface area contributed by atoms with Crippen LogP contribution in [-0.4, -0.2) is 77.9 Å². The second-order valence-electron chi connectivity index (χ2n) is 8.04. The van der Waals surface area contributed by atoms with E-state index in [1.54, 1.807) is 42.7 Å². The highest BCUT2D eigenvalue weighted by molar-refractivity contribution is 6.82. The molecular weight excluding hydrogens is 415 g/mol. The van der Waals surface area contributed by atoms with Crippen molar-refractivity contribution < 1.29 is 4.79 Å². The Bertz CT molecular complexity index is 1220. The van der Waals surface area contributed by atoms with Gasteiger partial charge in [-0.1, -0.05) is 28.1 Å². The number of carbonyl (C=O) groups is 1. The number of rotatable bonds is 3. The molecule has 0 bridgehead atoms. The van der Waals surface area contributed by atoms with Crippen molar-refractivity contribution >= 4 is 69.8 Å². The van der Waals surface area contributed by atoms with Gasteiger partial charge in [0, 0.05) is 24.2 Å². The third-order valence-corrected chi connectivity index (χ3v) is 6.62. The van der Waals surface area contributed by atoms with E-state index >= 15 is 0 Å². The first-order valence-electron chi connectivity index (χ1n) is 9.58. The van der Waals surface area contributed by atoms with Crippen LogP contribution in [0.2, 0.25) is 15.7 Å². The van der Waals surface area contributed by atoms with Crippen LogP contribution in [0.1, 0.15) is 5.56 Å². The van der Waals surface area contributed by atoms with E-state index in [9.17, 15) is 4.79 Å². The van der Waals surface area contributed by atoms with Crippen molar-refractivity contribution in [2.75, 3.05) is 4.90 Å². The summed E-state index contributed by atoms with van der Waals surface area (Å²) in [6.07, 6.45) is 4.70. The van der Waals surface area contributed by atoms with Crippen molar-refractivity contribution in [2.24, 2.45) is 0 Å². The van der Waals surface area contributed by atoms with Crippen molar-refractivity contribution in [1.29, 1.82) is 0 Å². The molecule has 1 amide bonds. The quantitative estimate of drug-likeness (QED) is 0.447. The van der Waals surface area contributed by atoms with Crippen molar-refractivity contribution in [2.45, 2.75) is 21.1 Å². The topological polar surface area (TPSA) is 71.9 Å². The number of aromatic nitrogens is 4. The highest BCUT2D eigenvalue weighted by atomic mass is 35.5. The number of nitrogens with zero attached hydrogens (tertiary/aromatic N) is 5. The van der Waals surface area contributed by atoms with Gasteiger partial charge < -0.3 is 4.90 Å². The molecule has 141 valence electrons. The van der Waals surface area contributed by atoms with Crippen molar-refractivity contribution in [3.05, 3.63) is 65.7 Å². The zero-order valence-corrected chi connectivity index (χ0v) is 17.4. The van der Waals surface area contributed by atoms with Gasteiger partial charge in [-0.3, -0.25) is 9.78 Å². The van der Waals surface area contributed by atoms with E-state index in [2.05, 4.69) is 20.2 Å². The molecule has 2 aliphatic heterocycles. The third kappa shape index (κ3) is 2.47. The summed E-state index contributed by atoms with van der Waals surface area (Å²) in [5, 5.41) is 1.65. The molecule has 3 aromatic heterocycles. The van der Waals surface area contributed by atoms with Crippen LogP contribution >= 0.6 is 11.6 Å². The monoisotopic (exact) mass is 424 g/mol. The normalized spacial score (nSPS) is 30.3. The minimum absolute atomic E-state index is 0.0897. The van der Waals surface area contributed by atoms with E-state index < -0.39 is 27.0 Å². The number of fused-ring (bicyclic) bond motifs is 1. The minimum Gasteiger partial charge on any atom is -0.308 e. The van der Waals surface area contributed by atoms with E-state index in [4.69, 9.17) is 50.8 Å². The highest BCUT2D eigenvalue weighted by Crippen LogP contribution is 2.76. The maximum atomic E-state index is 13.7. The number of hydrogen-bond acceptors (Lipinski definition) is 5. The molecule has 0 aliphatic carbocycles. The van der Waals surface area contributed by atoms with Crippen LogP contribution in [0.3, 0.4) is 0 Å². The number of amides is 1. The Morgan fingerprint density at radius 2 is 1.66 bits per heavy atom. The van der Waals surface area contributed by atoms with E-state index in [0.29, 0.717) is 11.3 Å². The van der Waals surface area contributed by atoms with Crippen LogP contribution in [0.25, 0.3) is 11.3 Å². The lowest BCUT2D eigenvalue weighted by Crippen LogP contribution is -2.72. The van der Waals surface area contributed by atoms with Crippen LogP contribution in [-0.2, 0) is 10.0 Å². The molecule has 13 heteroatoms. The zero-order valence-electron chi connectivity index (χ0n) is 16.7. The maximum absolute atomic E-state index is 13.7. The molecule has 3 atom stereocenters. The fourth-order valence-electron chi connectivity index (χ4n) is 4.51. The molecule has 3 aromatic rings. The summed E-state index contributed by atoms with van der Waals surface area (Å²) in [4.78, 5) is 22.7. The lowest BCUT2D eigenvalue weighted by atomic mass is 8.98. The number of pyridine rings is 2. The molecule has 2 fully saturated rings. The number of halogens is 1. The Hall–Kier alpha value is -2.47. The number of anilines is 1. The summed E-state index contributed by atoms with van der Waals surface area (Å²) < 4.78 is 0. The first-order valence-corrected chi connectivity index (χ1v) is 9.96. The molecule has 5 rings (SSSR count). The summed E-state index contributed by atoms with van der Waals surface area (Å²) >= 11 is 5.88. The third-order valence-electron chi connectivity index (χ3n) is 6.39. The fourth-order valence-corrected chi connectivity index (χ4v) is 4.62. The van der Waals surface area contributed by atoms with Crippen LogP contribution in [0.15, 0.2) is 55.0 Å². The van der Waals surface area contributed by atoms with E-state index in [1.807, 2.05) is 0 Å². The molecule has 11 radical (unpaired) electrons. The van der Waals surface area contributed by atoms with Gasteiger partial charge in [-0.25, -0.2) is 4.98 Å². The average molecular weight is 424 g/mol. The molecule has 0 saturated carbocycles. The van der Waals surface area contributed by atoms with Crippen LogP contribution < -0.4 is 4.90 Å². The molecule has 0 spiro atoms. The first-order chi connectivity index (χ1) is 15.1. The van der Waals surface area contributed by atoms with Gasteiger partial charge >= 0.3 is 0 Å². The number of carbonyl (C=O) groups excluding carboxylic acids is 1. The first kappa shape index (κ1) is 21.4. The summed E-state index contributed by atoms with van der Waals surface area (Å²) in [5.41, 5.74) is 1.81. The molecule has 2 saturated heterocycles. The van der Waals surface area contributed by atoms with E-state index in [1.165, 1.54) is 19.5 Å². The molecule has 2 aliphatic rings. The van der Waals surface area contributed by atoms with Gasteiger partial charge in [0.2, 0.25) is 5.91 Å². The van der Waals surface area contributed by atoms with Gasteiger partial charge in [0.1, 0.15) is 12.4 Å². The van der Waals surface area contributed by atoms with Crippen LogP contribution in [0.5, 0.6) is 0 Å². The Morgan fingerprint density at radius 1 is 0.938 bits per heavy atom. The van der Waals surface area contributed by atoms with Crippen LogP contribution in [0, 0.1) is 0 Å². The summed E-state index contributed by atoms with van der Waals surface area (Å²) in [7, 11) is 34.0. The second-order valence-corrected chi connectivity index (χ2v) is 8.43. The Balaban J connectivity index is 1.56. The van der Waals surface area contributed by atoms with Crippen LogP contribution in [0.4, 0.5) is 5.82 Å². The van der Waals surface area contributed by atoms with E-state index in [-0.39, 0.29) is 11.0 Å². The number of hydrogen-bond donors (Lipinski definition) is 0. The minimum atomic E-state index is -1.92. The predicted molar refractivity (Wildman–Crippen MR) is 126 cm³/mol. The Labute approximate surface area is 197 Å². The summed E-state index contributed by atoms with van der Waals surface area (Å²) in [6.45, 7) is 0. The smallest absolute Gasteiger partial charge is 0.223 e. The van der Waals surface area contributed by atoms with Gasteiger partial charge in [-0.2, -0.15) is 0 Å². The molecule has 32 heavy (non-hydrogen) atoms. The van der Waals surface area contributed by atoms with E-state index in [0.717, 1.165) is 10.5 Å². The van der Waals surface area contributed by atoms with Gasteiger partial charge in [0.25, 0.3) is 0 Å². The SMILES string of the molecule is [B]C1(c2ccc(Cl)nc2)[B]C2([B])C([B])([B])N(c3ccc(-c4ccncc4)nn3)C(=O)C12[B]. The molecule has 0 aromatic carbocycles. The molecule has 5 heterocycles. The zero-order chi connectivity index (χ0) is 22.9. The van der Waals surface area contributed by atoms with Crippen molar-refractivity contribution in [3.63, 3.8) is 0 Å². The highest BCUT2D eigenvalue weighted by Gasteiger charge is 2.79. The van der Waals surface area contributed by atoms with Crippen molar-refractivity contribution in [1.82, 2.24) is 20.2 Å². The maximum Gasteiger partial charge on any atom is 0.223 e.